The van der Waals surface area contributed by atoms with E-state index in [2.05, 4.69) is 62.0 Å². The molecule has 0 aliphatic carbocycles. The van der Waals surface area contributed by atoms with Gasteiger partial charge in [0.2, 0.25) is 0 Å². The van der Waals surface area contributed by atoms with E-state index >= 15 is 0 Å². The standard InChI is InChI=1S/C16H26N2/c1-5-7-8-13-18(4)16-11-9-15(10-12-16)14(3)17-6-2/h5,9-12,14,17H,1,6-8,13H2,2-4H3. The van der Waals surface area contributed by atoms with Crippen molar-refractivity contribution < 1.29 is 0 Å². The number of hydrogen-bond donors (Lipinski definition) is 1. The highest BCUT2D eigenvalue weighted by atomic mass is 15.1. The van der Waals surface area contributed by atoms with Crippen LogP contribution in [-0.4, -0.2) is 20.1 Å². The van der Waals surface area contributed by atoms with Crippen molar-refractivity contribution in [2.24, 2.45) is 0 Å². The molecule has 100 valence electrons. The first-order valence-corrected chi connectivity index (χ1v) is 6.84. The molecule has 1 atom stereocenters. The number of anilines is 1. The highest BCUT2D eigenvalue weighted by Gasteiger charge is 2.04. The fourth-order valence-corrected chi connectivity index (χ4v) is 2.04. The van der Waals surface area contributed by atoms with E-state index in [1.54, 1.807) is 0 Å². The van der Waals surface area contributed by atoms with Crippen molar-refractivity contribution in [3.05, 3.63) is 42.5 Å². The lowest BCUT2D eigenvalue weighted by Gasteiger charge is -2.20. The molecule has 0 heterocycles. The van der Waals surface area contributed by atoms with Gasteiger partial charge < -0.3 is 10.2 Å². The summed E-state index contributed by atoms with van der Waals surface area (Å²) in [7, 11) is 2.14. The number of nitrogens with one attached hydrogen (secondary N) is 1. The van der Waals surface area contributed by atoms with Gasteiger partial charge in [-0.3, -0.25) is 0 Å². The van der Waals surface area contributed by atoms with Crippen molar-refractivity contribution in [1.29, 1.82) is 0 Å². The maximum Gasteiger partial charge on any atom is 0.0363 e. The minimum Gasteiger partial charge on any atom is -0.375 e. The Kier molecular flexibility index (Phi) is 6.51. The van der Waals surface area contributed by atoms with E-state index in [1.807, 2.05) is 6.08 Å². The Labute approximate surface area is 112 Å². The number of nitrogens with zero attached hydrogens (tertiary/aromatic N) is 1. The molecule has 1 aromatic carbocycles. The van der Waals surface area contributed by atoms with Crippen LogP contribution < -0.4 is 10.2 Å². The molecule has 0 amide bonds. The van der Waals surface area contributed by atoms with Crippen LogP contribution in [0.1, 0.15) is 38.3 Å². The zero-order chi connectivity index (χ0) is 13.4. The third-order valence-electron chi connectivity index (χ3n) is 3.25. The predicted octanol–water partition coefficient (Wildman–Crippen LogP) is 3.76. The average Bonchev–Trinajstić information content (AvgIpc) is 2.39. The first kappa shape index (κ1) is 14.8. The van der Waals surface area contributed by atoms with Crippen LogP contribution in [0.15, 0.2) is 36.9 Å². The molecule has 0 aliphatic heterocycles. The van der Waals surface area contributed by atoms with Gasteiger partial charge in [0.05, 0.1) is 0 Å². The Bertz CT molecular complexity index is 343. The summed E-state index contributed by atoms with van der Waals surface area (Å²) in [5, 5.41) is 3.43. The normalized spacial score (nSPS) is 12.2. The lowest BCUT2D eigenvalue weighted by atomic mass is 10.1. The first-order chi connectivity index (χ1) is 8.69. The Morgan fingerprint density at radius 3 is 2.56 bits per heavy atom. The molecular formula is C16H26N2. The van der Waals surface area contributed by atoms with Gasteiger partial charge >= 0.3 is 0 Å². The van der Waals surface area contributed by atoms with Crippen LogP contribution in [0.3, 0.4) is 0 Å². The van der Waals surface area contributed by atoms with Crippen molar-refractivity contribution in [1.82, 2.24) is 5.32 Å². The summed E-state index contributed by atoms with van der Waals surface area (Å²) in [4.78, 5) is 2.30. The molecule has 0 saturated carbocycles. The van der Waals surface area contributed by atoms with Crippen molar-refractivity contribution in [2.45, 2.75) is 32.7 Å². The largest absolute Gasteiger partial charge is 0.375 e. The molecule has 0 spiro atoms. The molecule has 0 bridgehead atoms. The Hall–Kier alpha value is -1.28. The minimum atomic E-state index is 0.426. The number of benzene rings is 1. The summed E-state index contributed by atoms with van der Waals surface area (Å²) in [6, 6.07) is 9.27. The molecule has 0 saturated heterocycles. The Morgan fingerprint density at radius 2 is 2.00 bits per heavy atom. The third kappa shape index (κ3) is 4.53. The van der Waals surface area contributed by atoms with Crippen LogP contribution in [0.5, 0.6) is 0 Å². The van der Waals surface area contributed by atoms with E-state index in [1.165, 1.54) is 11.3 Å². The molecule has 18 heavy (non-hydrogen) atoms. The number of unbranched alkanes of at least 4 members (excludes halogenated alkanes) is 1. The lowest BCUT2D eigenvalue weighted by molar-refractivity contribution is 0.598. The van der Waals surface area contributed by atoms with Crippen LogP contribution in [-0.2, 0) is 0 Å². The maximum atomic E-state index is 3.75. The van der Waals surface area contributed by atoms with Crippen LogP contribution in [0.25, 0.3) is 0 Å². The van der Waals surface area contributed by atoms with E-state index < -0.39 is 0 Å². The van der Waals surface area contributed by atoms with E-state index in [-0.39, 0.29) is 0 Å². The number of rotatable bonds is 8. The fraction of sp³-hybridized carbons (Fsp3) is 0.500. The summed E-state index contributed by atoms with van der Waals surface area (Å²) in [5.41, 5.74) is 2.63. The van der Waals surface area contributed by atoms with Crippen molar-refractivity contribution in [2.75, 3.05) is 25.0 Å². The molecule has 2 heteroatoms. The molecule has 1 N–H and O–H groups in total. The number of allylic oxidation sites excluding steroid dienone is 1. The smallest absolute Gasteiger partial charge is 0.0363 e. The summed E-state index contributed by atoms with van der Waals surface area (Å²) in [6.45, 7) is 10.2. The average molecular weight is 246 g/mol. The SMILES string of the molecule is C=CCCCN(C)c1ccc(C(C)NCC)cc1. The Morgan fingerprint density at radius 1 is 1.33 bits per heavy atom. The molecule has 1 rings (SSSR count). The Balaban J connectivity index is 2.55. The zero-order valence-corrected chi connectivity index (χ0v) is 11.9. The molecule has 0 radical (unpaired) electrons. The fourth-order valence-electron chi connectivity index (χ4n) is 2.04. The molecule has 0 aliphatic rings. The van der Waals surface area contributed by atoms with Crippen LogP contribution in [0.2, 0.25) is 0 Å². The summed E-state index contributed by atoms with van der Waals surface area (Å²) in [5.74, 6) is 0. The van der Waals surface area contributed by atoms with Crippen LogP contribution >= 0.6 is 0 Å². The van der Waals surface area contributed by atoms with Crippen LogP contribution in [0, 0.1) is 0 Å². The second-order valence-corrected chi connectivity index (χ2v) is 4.72. The van der Waals surface area contributed by atoms with Gasteiger partial charge in [0, 0.05) is 25.3 Å². The van der Waals surface area contributed by atoms with Gasteiger partial charge in [-0.1, -0.05) is 25.1 Å². The van der Waals surface area contributed by atoms with Gasteiger partial charge in [-0.15, -0.1) is 6.58 Å². The molecule has 1 unspecified atom stereocenters. The molecule has 0 aromatic heterocycles. The van der Waals surface area contributed by atoms with Crippen molar-refractivity contribution in [3.63, 3.8) is 0 Å². The van der Waals surface area contributed by atoms with Gasteiger partial charge in [0.15, 0.2) is 0 Å². The second-order valence-electron chi connectivity index (χ2n) is 4.72. The lowest BCUT2D eigenvalue weighted by Crippen LogP contribution is -2.19. The van der Waals surface area contributed by atoms with E-state index in [0.29, 0.717) is 6.04 Å². The summed E-state index contributed by atoms with van der Waals surface area (Å²) >= 11 is 0. The van der Waals surface area contributed by atoms with Gasteiger partial charge in [-0.25, -0.2) is 0 Å². The highest BCUT2D eigenvalue weighted by Crippen LogP contribution is 2.18. The van der Waals surface area contributed by atoms with E-state index in [4.69, 9.17) is 0 Å². The monoisotopic (exact) mass is 246 g/mol. The zero-order valence-electron chi connectivity index (χ0n) is 11.9. The van der Waals surface area contributed by atoms with E-state index in [0.717, 1.165) is 25.9 Å². The number of hydrogen-bond acceptors (Lipinski definition) is 2. The summed E-state index contributed by atoms with van der Waals surface area (Å²) < 4.78 is 0. The quantitative estimate of drug-likeness (QED) is 0.555. The second kappa shape index (κ2) is 7.93. The molecule has 0 fully saturated rings. The minimum absolute atomic E-state index is 0.426. The van der Waals surface area contributed by atoms with Gasteiger partial charge in [-0.2, -0.15) is 0 Å². The summed E-state index contributed by atoms with van der Waals surface area (Å²) in [6.07, 6.45) is 4.23. The van der Waals surface area contributed by atoms with Crippen molar-refractivity contribution in [3.8, 4) is 0 Å². The topological polar surface area (TPSA) is 15.3 Å². The third-order valence-corrected chi connectivity index (χ3v) is 3.25. The molecule has 2 nitrogen and oxygen atoms in total. The maximum absolute atomic E-state index is 3.75. The highest BCUT2D eigenvalue weighted by molar-refractivity contribution is 5.47. The molecule has 1 aromatic rings. The van der Waals surface area contributed by atoms with Gasteiger partial charge in [-0.05, 0) is 44.0 Å². The van der Waals surface area contributed by atoms with E-state index in [9.17, 15) is 0 Å². The van der Waals surface area contributed by atoms with Gasteiger partial charge in [0.25, 0.3) is 0 Å². The van der Waals surface area contributed by atoms with Crippen molar-refractivity contribution >= 4 is 5.69 Å². The first-order valence-electron chi connectivity index (χ1n) is 6.84. The van der Waals surface area contributed by atoms with Gasteiger partial charge in [0.1, 0.15) is 0 Å². The predicted molar refractivity (Wildman–Crippen MR) is 81.2 cm³/mol. The molecular weight excluding hydrogens is 220 g/mol. The van der Waals surface area contributed by atoms with Crippen LogP contribution in [0.4, 0.5) is 5.69 Å².